The maximum atomic E-state index is 13.0. The van der Waals surface area contributed by atoms with Gasteiger partial charge >= 0.3 is 5.97 Å². The summed E-state index contributed by atoms with van der Waals surface area (Å²) in [4.78, 5) is 36.3. The van der Waals surface area contributed by atoms with Crippen molar-refractivity contribution in [1.82, 2.24) is 0 Å². The summed E-state index contributed by atoms with van der Waals surface area (Å²) in [6, 6.07) is 0. The number of fused-ring (bicyclic) bond motifs is 5. The van der Waals surface area contributed by atoms with Gasteiger partial charge in [-0.05, 0) is 54.1 Å². The van der Waals surface area contributed by atoms with E-state index in [0.29, 0.717) is 24.3 Å². The summed E-state index contributed by atoms with van der Waals surface area (Å²) in [6.45, 7) is 7.42. The smallest absolute Gasteiger partial charge is 0.303 e. The van der Waals surface area contributed by atoms with Gasteiger partial charge in [0.15, 0.2) is 11.6 Å². The highest BCUT2D eigenvalue weighted by Gasteiger charge is 2.64. The molecule has 0 aliphatic heterocycles. The summed E-state index contributed by atoms with van der Waals surface area (Å²) in [5, 5.41) is 12.0. The lowest BCUT2D eigenvalue weighted by Gasteiger charge is -2.58. The van der Waals surface area contributed by atoms with E-state index in [2.05, 4.69) is 20.8 Å². The van der Waals surface area contributed by atoms with Crippen molar-refractivity contribution < 1.29 is 24.2 Å². The molecule has 2 fully saturated rings. The van der Waals surface area contributed by atoms with Gasteiger partial charge in [-0.25, -0.2) is 0 Å². The highest BCUT2D eigenvalue weighted by Crippen LogP contribution is 2.67. The van der Waals surface area contributed by atoms with Crippen LogP contribution < -0.4 is 0 Å². The van der Waals surface area contributed by atoms with Crippen LogP contribution in [-0.2, 0) is 19.1 Å². The quantitative estimate of drug-likeness (QED) is 0.683. The minimum Gasteiger partial charge on any atom is -0.458 e. The van der Waals surface area contributed by atoms with Gasteiger partial charge in [-0.2, -0.15) is 0 Å². The second-order valence-electron chi connectivity index (χ2n) is 10.4. The van der Waals surface area contributed by atoms with E-state index in [-0.39, 0.29) is 58.6 Å². The maximum absolute atomic E-state index is 13.0. The first kappa shape index (κ1) is 21.8. The molecule has 0 heterocycles. The Kier molecular flexibility index (Phi) is 5.30. The van der Waals surface area contributed by atoms with Gasteiger partial charge in [-0.3, -0.25) is 14.4 Å². The normalized spacial score (nSPS) is 44.9. The van der Waals surface area contributed by atoms with Gasteiger partial charge in [-0.15, -0.1) is 0 Å². The predicted molar refractivity (Wildman–Crippen MR) is 112 cm³/mol. The van der Waals surface area contributed by atoms with Gasteiger partial charge in [0.2, 0.25) is 0 Å². The molecule has 6 heteroatoms. The van der Waals surface area contributed by atoms with E-state index < -0.39 is 12.1 Å². The predicted octanol–water partition coefficient (Wildman–Crippen LogP) is 3.83. The summed E-state index contributed by atoms with van der Waals surface area (Å²) in [5.41, 5.74) is 0.138. The minimum absolute atomic E-state index is 0.0213. The third kappa shape index (κ3) is 3.12. The van der Waals surface area contributed by atoms with Crippen LogP contribution in [0.2, 0.25) is 0 Å². The fourth-order valence-electron chi connectivity index (χ4n) is 7.53. The molecule has 4 aliphatic carbocycles. The van der Waals surface area contributed by atoms with Crippen molar-refractivity contribution >= 4 is 29.1 Å². The van der Waals surface area contributed by atoms with Crippen LogP contribution in [-0.4, -0.2) is 35.4 Å². The number of ketones is 2. The lowest BCUT2D eigenvalue weighted by atomic mass is 9.47. The summed E-state index contributed by atoms with van der Waals surface area (Å²) in [7, 11) is 0. The molecule has 4 rings (SSSR count). The van der Waals surface area contributed by atoms with E-state index in [1.807, 2.05) is 6.08 Å². The fourth-order valence-corrected chi connectivity index (χ4v) is 7.94. The fraction of sp³-hybridized carbons (Fsp3) is 0.708. The lowest BCUT2D eigenvalue weighted by Crippen LogP contribution is -2.56. The summed E-state index contributed by atoms with van der Waals surface area (Å²) < 4.78 is 5.01. The largest absolute Gasteiger partial charge is 0.458 e. The second-order valence-corrected chi connectivity index (χ2v) is 10.8. The molecule has 164 valence electrons. The average Bonchev–Trinajstić information content (AvgIpc) is 2.91. The molecule has 8 atom stereocenters. The van der Waals surface area contributed by atoms with Gasteiger partial charge < -0.3 is 9.84 Å². The van der Waals surface area contributed by atoms with Crippen molar-refractivity contribution in [3.63, 3.8) is 0 Å². The van der Waals surface area contributed by atoms with Crippen molar-refractivity contribution in [3.8, 4) is 0 Å². The number of carbonyl (C=O) groups excluding carboxylic acids is 3. The van der Waals surface area contributed by atoms with Gasteiger partial charge in [0.05, 0.1) is 6.10 Å². The molecule has 5 nitrogen and oxygen atoms in total. The molecule has 0 saturated heterocycles. The van der Waals surface area contributed by atoms with Crippen molar-refractivity contribution in [2.75, 3.05) is 6.61 Å². The Morgan fingerprint density at radius 3 is 2.70 bits per heavy atom. The molecule has 30 heavy (non-hydrogen) atoms. The lowest BCUT2D eigenvalue weighted by molar-refractivity contribution is -0.151. The Morgan fingerprint density at radius 1 is 1.33 bits per heavy atom. The SMILES string of the molecule is CC(=O)OCC(=O)[C@H]1[C@H](C)C[C@H]2[C@@H]3C=C(Cl)C4=CC(=O)CC[C@]4(C)[C@H]3[C@@H](O)C[C@@]21C. The molecule has 0 unspecified atom stereocenters. The monoisotopic (exact) mass is 434 g/mol. The van der Waals surface area contributed by atoms with Crippen molar-refractivity contribution in [1.29, 1.82) is 0 Å². The maximum Gasteiger partial charge on any atom is 0.303 e. The van der Waals surface area contributed by atoms with Crippen LogP contribution in [0.15, 0.2) is 22.8 Å². The molecular weight excluding hydrogens is 404 g/mol. The van der Waals surface area contributed by atoms with Crippen LogP contribution >= 0.6 is 11.6 Å². The van der Waals surface area contributed by atoms with Gasteiger partial charge in [0.25, 0.3) is 0 Å². The third-order valence-electron chi connectivity index (χ3n) is 8.60. The molecule has 0 amide bonds. The Hall–Kier alpha value is -1.46. The number of Topliss-reactive ketones (excluding diaryl/α,β-unsaturated/α-hetero) is 1. The molecule has 0 radical (unpaired) electrons. The summed E-state index contributed by atoms with van der Waals surface area (Å²) in [6.07, 6.45) is 5.68. The minimum atomic E-state index is -0.590. The number of allylic oxidation sites excluding steroid dienone is 4. The van der Waals surface area contributed by atoms with Crippen LogP contribution in [0.25, 0.3) is 0 Å². The van der Waals surface area contributed by atoms with E-state index in [1.54, 1.807) is 6.08 Å². The zero-order valence-corrected chi connectivity index (χ0v) is 18.9. The Bertz CT molecular complexity index is 860. The first-order valence-electron chi connectivity index (χ1n) is 11.0. The van der Waals surface area contributed by atoms with E-state index in [9.17, 15) is 19.5 Å². The number of carbonyl (C=O) groups is 3. The molecule has 4 aliphatic rings. The molecule has 0 spiro atoms. The molecule has 0 bridgehead atoms. The van der Waals surface area contributed by atoms with Gasteiger partial charge in [0, 0.05) is 35.6 Å². The zero-order valence-electron chi connectivity index (χ0n) is 18.1. The number of halogens is 1. The van der Waals surface area contributed by atoms with Crippen LogP contribution in [0.5, 0.6) is 0 Å². The van der Waals surface area contributed by atoms with Crippen LogP contribution in [0.3, 0.4) is 0 Å². The molecule has 2 saturated carbocycles. The standard InChI is InChI=1S/C24H31ClO5/c1-12-7-16-15-9-18(25)17-8-14(27)5-6-23(17,3)22(15)19(28)10-24(16,4)21(12)20(29)11-30-13(2)26/h8-9,12,15-16,19,21-22,28H,5-7,10-11H2,1-4H3/t12-,15+,16+,19+,21-,22-,23+,24+/m1/s1. The topological polar surface area (TPSA) is 80.7 Å². The van der Waals surface area contributed by atoms with E-state index in [0.717, 1.165) is 12.0 Å². The molecule has 0 aromatic heterocycles. The van der Waals surface area contributed by atoms with Crippen molar-refractivity contribution in [2.24, 2.45) is 40.4 Å². The molecular formula is C24H31ClO5. The number of aliphatic hydroxyl groups is 1. The van der Waals surface area contributed by atoms with E-state index in [1.165, 1.54) is 6.92 Å². The zero-order chi connectivity index (χ0) is 22.0. The molecule has 0 aromatic rings. The van der Waals surface area contributed by atoms with E-state index in [4.69, 9.17) is 16.3 Å². The van der Waals surface area contributed by atoms with Crippen molar-refractivity contribution in [2.45, 2.75) is 59.5 Å². The Balaban J connectivity index is 1.73. The second kappa shape index (κ2) is 7.30. The number of rotatable bonds is 3. The highest BCUT2D eigenvalue weighted by atomic mass is 35.5. The first-order chi connectivity index (χ1) is 14.0. The Morgan fingerprint density at radius 2 is 2.03 bits per heavy atom. The number of hydrogen-bond donors (Lipinski definition) is 1. The Labute approximate surface area is 182 Å². The molecule has 1 N–H and O–H groups in total. The molecule has 0 aromatic carbocycles. The van der Waals surface area contributed by atoms with Crippen molar-refractivity contribution in [3.05, 3.63) is 22.8 Å². The van der Waals surface area contributed by atoms with Gasteiger partial charge in [-0.1, -0.05) is 38.4 Å². The number of esters is 1. The average molecular weight is 435 g/mol. The highest BCUT2D eigenvalue weighted by molar-refractivity contribution is 6.32. The van der Waals surface area contributed by atoms with Gasteiger partial charge in [0.1, 0.15) is 6.61 Å². The summed E-state index contributed by atoms with van der Waals surface area (Å²) in [5.74, 6) is -0.316. The van der Waals surface area contributed by atoms with Crippen LogP contribution in [0.1, 0.15) is 53.4 Å². The first-order valence-corrected chi connectivity index (χ1v) is 11.3. The summed E-state index contributed by atoms with van der Waals surface area (Å²) >= 11 is 6.70. The number of ether oxygens (including phenoxy) is 1. The van der Waals surface area contributed by atoms with E-state index >= 15 is 0 Å². The van der Waals surface area contributed by atoms with Crippen LogP contribution in [0, 0.1) is 40.4 Å². The van der Waals surface area contributed by atoms with Crippen LogP contribution in [0.4, 0.5) is 0 Å². The third-order valence-corrected chi connectivity index (χ3v) is 8.93. The number of hydrogen-bond acceptors (Lipinski definition) is 5. The number of aliphatic hydroxyl groups excluding tert-OH is 1.